The molecule has 1 aromatic rings. The lowest BCUT2D eigenvalue weighted by atomic mass is 10.2. The zero-order valence-electron chi connectivity index (χ0n) is 13.7. The number of non-ortho nitro benzene ring substituents is 1. The number of morpholine rings is 1. The van der Waals surface area contributed by atoms with Crippen molar-refractivity contribution in [2.24, 2.45) is 0 Å². The van der Waals surface area contributed by atoms with E-state index in [1.165, 1.54) is 24.3 Å². The maximum absolute atomic E-state index is 11.8. The van der Waals surface area contributed by atoms with Crippen molar-refractivity contribution in [3.05, 3.63) is 46.0 Å². The van der Waals surface area contributed by atoms with Gasteiger partial charge >= 0.3 is 5.97 Å². The summed E-state index contributed by atoms with van der Waals surface area (Å²) in [7, 11) is 0. The summed E-state index contributed by atoms with van der Waals surface area (Å²) < 4.78 is 10.6. The van der Waals surface area contributed by atoms with Crippen LogP contribution in [-0.4, -0.2) is 54.7 Å². The van der Waals surface area contributed by atoms with Crippen LogP contribution in [0.15, 0.2) is 30.3 Å². The van der Waals surface area contributed by atoms with Crippen LogP contribution in [0.2, 0.25) is 0 Å². The van der Waals surface area contributed by atoms with Gasteiger partial charge in [-0.3, -0.25) is 15.0 Å². The molecule has 0 amide bonds. The number of nitro groups is 1. The molecule has 1 aromatic carbocycles. The van der Waals surface area contributed by atoms with Gasteiger partial charge in [0.2, 0.25) is 0 Å². The van der Waals surface area contributed by atoms with Crippen molar-refractivity contribution in [1.29, 1.82) is 0 Å². The lowest BCUT2D eigenvalue weighted by Gasteiger charge is -2.27. The molecule has 1 aliphatic heterocycles. The second-order valence-electron chi connectivity index (χ2n) is 5.68. The number of ether oxygens (including phenoxy) is 2. The Morgan fingerprint density at radius 2 is 2.21 bits per heavy atom. The van der Waals surface area contributed by atoms with Crippen LogP contribution in [-0.2, 0) is 14.3 Å². The first kappa shape index (κ1) is 18.1. The number of esters is 1. The number of hydrogen-bond acceptors (Lipinski definition) is 6. The Morgan fingerprint density at radius 1 is 1.46 bits per heavy atom. The SMILES string of the molecule is C[C@@H](CCN1CCOCC1)OC(=O)/C=C\c1cccc([N+](=O)[O-])c1. The third kappa shape index (κ3) is 6.10. The average Bonchev–Trinajstić information content (AvgIpc) is 2.59. The molecule has 24 heavy (non-hydrogen) atoms. The Kier molecular flexibility index (Phi) is 6.89. The van der Waals surface area contributed by atoms with Crippen molar-refractivity contribution in [2.45, 2.75) is 19.4 Å². The van der Waals surface area contributed by atoms with E-state index in [2.05, 4.69) is 4.90 Å². The van der Waals surface area contributed by atoms with Crippen LogP contribution in [0.4, 0.5) is 5.69 Å². The molecule has 1 fully saturated rings. The molecule has 7 nitrogen and oxygen atoms in total. The zero-order valence-corrected chi connectivity index (χ0v) is 13.7. The fraction of sp³-hybridized carbons (Fsp3) is 0.471. The molecule has 1 saturated heterocycles. The summed E-state index contributed by atoms with van der Waals surface area (Å²) in [6.45, 7) is 6.05. The highest BCUT2D eigenvalue weighted by Crippen LogP contribution is 2.14. The van der Waals surface area contributed by atoms with E-state index in [0.29, 0.717) is 5.56 Å². The van der Waals surface area contributed by atoms with E-state index in [0.717, 1.165) is 39.3 Å². The Balaban J connectivity index is 1.77. The van der Waals surface area contributed by atoms with E-state index in [4.69, 9.17) is 9.47 Å². The predicted molar refractivity (Wildman–Crippen MR) is 89.6 cm³/mol. The molecule has 0 N–H and O–H groups in total. The number of carbonyl (C=O) groups excluding carboxylic acids is 1. The van der Waals surface area contributed by atoms with Crippen molar-refractivity contribution in [3.63, 3.8) is 0 Å². The number of hydrogen-bond donors (Lipinski definition) is 0. The van der Waals surface area contributed by atoms with Crippen LogP contribution in [0, 0.1) is 10.1 Å². The molecule has 0 radical (unpaired) electrons. The first-order valence-electron chi connectivity index (χ1n) is 7.98. The third-order valence-electron chi connectivity index (χ3n) is 3.77. The zero-order chi connectivity index (χ0) is 17.4. The molecule has 0 spiro atoms. The second kappa shape index (κ2) is 9.14. The summed E-state index contributed by atoms with van der Waals surface area (Å²) in [5.74, 6) is -0.448. The summed E-state index contributed by atoms with van der Waals surface area (Å²) in [5, 5.41) is 10.7. The molecule has 0 bridgehead atoms. The molecular weight excluding hydrogens is 312 g/mol. The molecule has 130 valence electrons. The van der Waals surface area contributed by atoms with E-state index in [1.807, 2.05) is 6.92 Å². The van der Waals surface area contributed by atoms with Crippen LogP contribution in [0.3, 0.4) is 0 Å². The summed E-state index contributed by atoms with van der Waals surface area (Å²) in [5.41, 5.74) is 0.575. The monoisotopic (exact) mass is 334 g/mol. The molecule has 0 unspecified atom stereocenters. The molecule has 2 rings (SSSR count). The van der Waals surface area contributed by atoms with E-state index >= 15 is 0 Å². The predicted octanol–water partition coefficient (Wildman–Crippen LogP) is 2.26. The van der Waals surface area contributed by atoms with Crippen molar-refractivity contribution < 1.29 is 19.2 Å². The summed E-state index contributed by atoms with van der Waals surface area (Å²) in [4.78, 5) is 24.4. The van der Waals surface area contributed by atoms with E-state index in [9.17, 15) is 14.9 Å². The van der Waals surface area contributed by atoms with Crippen LogP contribution >= 0.6 is 0 Å². The van der Waals surface area contributed by atoms with Gasteiger partial charge in [-0.1, -0.05) is 12.1 Å². The minimum atomic E-state index is -0.469. The van der Waals surface area contributed by atoms with E-state index in [1.54, 1.807) is 12.1 Å². The Bertz CT molecular complexity index is 596. The quantitative estimate of drug-likeness (QED) is 0.329. The molecular formula is C17H22N2O5. The Labute approximate surface area is 141 Å². The highest BCUT2D eigenvalue weighted by atomic mass is 16.6. The second-order valence-corrected chi connectivity index (χ2v) is 5.68. The number of benzene rings is 1. The lowest BCUT2D eigenvalue weighted by molar-refractivity contribution is -0.384. The van der Waals surface area contributed by atoms with Gasteiger partial charge in [-0.05, 0) is 25.0 Å². The number of nitrogens with zero attached hydrogens (tertiary/aromatic N) is 2. The van der Waals surface area contributed by atoms with Crippen LogP contribution in [0.5, 0.6) is 0 Å². The number of carbonyl (C=O) groups is 1. The minimum absolute atomic E-state index is 0.00982. The molecule has 7 heteroatoms. The van der Waals surface area contributed by atoms with Gasteiger partial charge in [0.05, 0.1) is 18.1 Å². The van der Waals surface area contributed by atoms with Crippen LogP contribution < -0.4 is 0 Å². The normalized spacial score (nSPS) is 16.9. The van der Waals surface area contributed by atoms with Gasteiger partial charge in [0.25, 0.3) is 5.69 Å². The van der Waals surface area contributed by atoms with E-state index < -0.39 is 10.9 Å². The Morgan fingerprint density at radius 3 is 2.92 bits per heavy atom. The first-order valence-corrected chi connectivity index (χ1v) is 7.98. The fourth-order valence-corrected chi connectivity index (χ4v) is 2.39. The van der Waals surface area contributed by atoms with Crippen LogP contribution in [0.25, 0.3) is 6.08 Å². The van der Waals surface area contributed by atoms with Gasteiger partial charge in [-0.25, -0.2) is 4.79 Å². The molecule has 1 aliphatic rings. The van der Waals surface area contributed by atoms with Gasteiger partial charge in [-0.2, -0.15) is 0 Å². The van der Waals surface area contributed by atoms with Gasteiger partial charge in [0, 0.05) is 37.8 Å². The number of nitro benzene ring substituents is 1. The third-order valence-corrected chi connectivity index (χ3v) is 3.77. The highest BCUT2D eigenvalue weighted by molar-refractivity contribution is 5.87. The van der Waals surface area contributed by atoms with Crippen molar-refractivity contribution in [2.75, 3.05) is 32.8 Å². The van der Waals surface area contributed by atoms with Crippen molar-refractivity contribution in [1.82, 2.24) is 4.90 Å². The summed E-state index contributed by atoms with van der Waals surface area (Å²) in [6.07, 6.45) is 3.39. The highest BCUT2D eigenvalue weighted by Gasteiger charge is 2.13. The molecule has 0 saturated carbocycles. The maximum Gasteiger partial charge on any atom is 0.331 e. The number of rotatable bonds is 7. The van der Waals surface area contributed by atoms with E-state index in [-0.39, 0.29) is 11.8 Å². The lowest BCUT2D eigenvalue weighted by Crippen LogP contribution is -2.38. The van der Waals surface area contributed by atoms with Crippen LogP contribution in [0.1, 0.15) is 18.9 Å². The first-order chi connectivity index (χ1) is 11.5. The minimum Gasteiger partial charge on any atom is -0.459 e. The van der Waals surface area contributed by atoms with Crippen molar-refractivity contribution >= 4 is 17.7 Å². The smallest absolute Gasteiger partial charge is 0.331 e. The van der Waals surface area contributed by atoms with Gasteiger partial charge in [0.15, 0.2) is 0 Å². The molecule has 1 heterocycles. The Hall–Kier alpha value is -2.25. The average molecular weight is 334 g/mol. The van der Waals surface area contributed by atoms with Crippen molar-refractivity contribution in [3.8, 4) is 0 Å². The molecule has 1 atom stereocenters. The standard InChI is InChI=1S/C17H22N2O5/c1-14(7-8-18-9-11-23-12-10-18)24-17(20)6-5-15-3-2-4-16(13-15)19(21)22/h2-6,13-14H,7-12H2,1H3/b6-5-/t14-/m0/s1. The topological polar surface area (TPSA) is 81.9 Å². The molecule has 0 aromatic heterocycles. The maximum atomic E-state index is 11.8. The fourth-order valence-electron chi connectivity index (χ4n) is 2.39. The van der Waals surface area contributed by atoms with Gasteiger partial charge in [0.1, 0.15) is 6.10 Å². The largest absolute Gasteiger partial charge is 0.459 e. The van der Waals surface area contributed by atoms with Gasteiger partial charge in [-0.15, -0.1) is 0 Å². The molecule has 0 aliphatic carbocycles. The summed E-state index contributed by atoms with van der Waals surface area (Å²) in [6, 6.07) is 6.09. The summed E-state index contributed by atoms with van der Waals surface area (Å²) >= 11 is 0. The van der Waals surface area contributed by atoms with Gasteiger partial charge < -0.3 is 9.47 Å².